The molecule has 0 amide bonds. The first-order valence-electron chi connectivity index (χ1n) is 8.42. The molecule has 28 heavy (non-hydrogen) atoms. The second-order valence-corrected chi connectivity index (χ2v) is 6.41. The Kier molecular flexibility index (Phi) is 4.92. The minimum absolute atomic E-state index is 0.0249. The first kappa shape index (κ1) is 18.0. The van der Waals surface area contributed by atoms with Crippen molar-refractivity contribution in [1.29, 1.82) is 0 Å². The molecule has 4 aromatic rings. The predicted octanol–water partition coefficient (Wildman–Crippen LogP) is 3.72. The van der Waals surface area contributed by atoms with Crippen molar-refractivity contribution >= 4 is 34.0 Å². The summed E-state index contributed by atoms with van der Waals surface area (Å²) in [5.41, 5.74) is 4.03. The minimum atomic E-state index is -1.29. The number of rotatable bonds is 5. The Hall–Kier alpha value is -3.42. The zero-order valence-corrected chi connectivity index (χ0v) is 15.2. The summed E-state index contributed by atoms with van der Waals surface area (Å²) in [7, 11) is 0. The fourth-order valence-corrected chi connectivity index (χ4v) is 2.87. The van der Waals surface area contributed by atoms with Crippen LogP contribution in [0.25, 0.3) is 11.0 Å². The number of hydrazone groups is 1. The fraction of sp³-hybridized carbons (Fsp3) is 0.0500. The maximum Gasteiger partial charge on any atom is 0.276 e. The van der Waals surface area contributed by atoms with E-state index in [1.54, 1.807) is 42.5 Å². The van der Waals surface area contributed by atoms with E-state index in [4.69, 9.17) is 16.0 Å². The quantitative estimate of drug-likeness (QED) is 0.353. The Labute approximate surface area is 164 Å². The smallest absolute Gasteiger partial charge is 0.276 e. The van der Waals surface area contributed by atoms with Crippen LogP contribution in [-0.2, 0) is 0 Å². The molecule has 0 saturated carbocycles. The lowest BCUT2D eigenvalue weighted by Crippen LogP contribution is -2.26. The van der Waals surface area contributed by atoms with E-state index in [9.17, 15) is 9.90 Å². The van der Waals surface area contributed by atoms with E-state index in [2.05, 4.69) is 20.5 Å². The van der Waals surface area contributed by atoms with Crippen molar-refractivity contribution in [2.24, 2.45) is 5.10 Å². The Morgan fingerprint density at radius 1 is 1.18 bits per heavy atom. The number of furan rings is 1. The van der Waals surface area contributed by atoms with E-state index in [1.165, 1.54) is 6.26 Å². The molecule has 2 aromatic heterocycles. The van der Waals surface area contributed by atoms with Gasteiger partial charge < -0.3 is 14.5 Å². The molecule has 0 saturated heterocycles. The van der Waals surface area contributed by atoms with Gasteiger partial charge in [0, 0.05) is 5.02 Å². The monoisotopic (exact) mass is 394 g/mol. The summed E-state index contributed by atoms with van der Waals surface area (Å²) >= 11 is 5.97. The Balaban J connectivity index is 1.83. The highest BCUT2D eigenvalue weighted by molar-refractivity contribution is 6.31. The minimum Gasteiger partial charge on any atom is -0.466 e. The average molecular weight is 395 g/mol. The van der Waals surface area contributed by atoms with Crippen LogP contribution < -0.4 is 11.0 Å². The molecule has 1 atom stereocenters. The molecule has 7 nitrogen and oxygen atoms in total. The molecule has 1 unspecified atom stereocenters. The maximum atomic E-state index is 12.7. The highest BCUT2D eigenvalue weighted by Gasteiger charge is 2.24. The van der Waals surface area contributed by atoms with Gasteiger partial charge in [0.2, 0.25) is 0 Å². The molecule has 140 valence electrons. The summed E-state index contributed by atoms with van der Waals surface area (Å²) in [4.78, 5) is 19.8. The van der Waals surface area contributed by atoms with Crippen LogP contribution in [0, 0.1) is 0 Å². The number of benzene rings is 2. The molecular weight excluding hydrogens is 380 g/mol. The molecule has 8 heteroatoms. The van der Waals surface area contributed by atoms with Crippen molar-refractivity contribution in [3.8, 4) is 0 Å². The van der Waals surface area contributed by atoms with Gasteiger partial charge in [-0.15, -0.1) is 0 Å². The van der Waals surface area contributed by atoms with Crippen molar-refractivity contribution in [3.05, 3.63) is 93.8 Å². The van der Waals surface area contributed by atoms with E-state index >= 15 is 0 Å². The number of hydrogen-bond donors (Lipinski definition) is 3. The van der Waals surface area contributed by atoms with Gasteiger partial charge in [-0.3, -0.25) is 10.2 Å². The molecule has 0 spiro atoms. The second kappa shape index (κ2) is 7.67. The number of aromatic amines is 1. The summed E-state index contributed by atoms with van der Waals surface area (Å²) in [5.74, 6) is 0.242. The number of nitrogens with zero attached hydrogens (tertiary/aromatic N) is 2. The van der Waals surface area contributed by atoms with Crippen LogP contribution in [0.4, 0.5) is 5.69 Å². The summed E-state index contributed by atoms with van der Waals surface area (Å²) < 4.78 is 5.28. The zero-order chi connectivity index (χ0) is 19.5. The van der Waals surface area contributed by atoms with Crippen LogP contribution in [0.2, 0.25) is 5.02 Å². The van der Waals surface area contributed by atoms with Gasteiger partial charge in [-0.25, -0.2) is 4.98 Å². The van der Waals surface area contributed by atoms with Gasteiger partial charge in [0.15, 0.2) is 11.8 Å². The van der Waals surface area contributed by atoms with Crippen molar-refractivity contribution in [2.45, 2.75) is 6.10 Å². The average Bonchev–Trinajstić information content (AvgIpc) is 3.24. The molecule has 0 aliphatic heterocycles. The van der Waals surface area contributed by atoms with Gasteiger partial charge in [-0.05, 0) is 42.5 Å². The molecule has 0 bridgehead atoms. The molecule has 2 aromatic carbocycles. The second-order valence-electron chi connectivity index (χ2n) is 5.97. The first-order valence-corrected chi connectivity index (χ1v) is 8.79. The number of H-pyrrole nitrogens is 1. The molecule has 0 radical (unpaired) electrons. The van der Waals surface area contributed by atoms with Gasteiger partial charge in [0.05, 0.1) is 23.0 Å². The van der Waals surface area contributed by atoms with Gasteiger partial charge >= 0.3 is 0 Å². The van der Waals surface area contributed by atoms with Gasteiger partial charge in [-0.1, -0.05) is 29.8 Å². The number of para-hydroxylation sites is 1. The van der Waals surface area contributed by atoms with Crippen LogP contribution in [0.3, 0.4) is 0 Å². The lowest BCUT2D eigenvalue weighted by atomic mass is 10.1. The van der Waals surface area contributed by atoms with Gasteiger partial charge in [0.1, 0.15) is 11.5 Å². The third-order valence-electron chi connectivity index (χ3n) is 4.05. The van der Waals surface area contributed by atoms with Gasteiger partial charge in [-0.2, -0.15) is 5.10 Å². The number of fused-ring (bicyclic) bond motifs is 1. The number of aliphatic hydroxyl groups is 1. The molecule has 0 fully saturated rings. The van der Waals surface area contributed by atoms with E-state index < -0.39 is 11.7 Å². The maximum absolute atomic E-state index is 12.7. The van der Waals surface area contributed by atoms with Crippen LogP contribution in [0.1, 0.15) is 17.6 Å². The number of nitrogens with one attached hydrogen (secondary N) is 2. The standard InChI is InChI=1S/C20H15ClN4O3/c21-12-8-9-14-15(11-12)23-20(27)18(22-14)17(19(26)16-7-4-10-28-16)25-24-13-5-2-1-3-6-13/h1-11,19,24,26H,(H,23,27). The SMILES string of the molecule is O=c1[nH]c2cc(Cl)ccc2nc1C(=NNc1ccccc1)C(O)c1ccco1. The first-order chi connectivity index (χ1) is 13.6. The number of aromatic nitrogens is 2. The Morgan fingerprint density at radius 2 is 2.00 bits per heavy atom. The highest BCUT2D eigenvalue weighted by atomic mass is 35.5. The van der Waals surface area contributed by atoms with Crippen molar-refractivity contribution in [3.63, 3.8) is 0 Å². The van der Waals surface area contributed by atoms with Crippen LogP contribution in [-0.4, -0.2) is 20.8 Å². The van der Waals surface area contributed by atoms with E-state index in [0.29, 0.717) is 21.7 Å². The van der Waals surface area contributed by atoms with Crippen LogP contribution in [0.15, 0.2) is 81.2 Å². The van der Waals surface area contributed by atoms with E-state index in [0.717, 1.165) is 0 Å². The lowest BCUT2D eigenvalue weighted by Gasteiger charge is -2.12. The van der Waals surface area contributed by atoms with E-state index in [-0.39, 0.29) is 17.2 Å². The summed E-state index contributed by atoms with van der Waals surface area (Å²) in [5, 5.41) is 15.5. The molecule has 2 heterocycles. The third kappa shape index (κ3) is 3.66. The van der Waals surface area contributed by atoms with Crippen LogP contribution in [0.5, 0.6) is 0 Å². The summed E-state index contributed by atoms with van der Waals surface area (Å²) in [6.45, 7) is 0. The zero-order valence-electron chi connectivity index (χ0n) is 14.5. The van der Waals surface area contributed by atoms with Crippen LogP contribution >= 0.6 is 11.6 Å². The normalized spacial score (nSPS) is 12.9. The van der Waals surface area contributed by atoms with Gasteiger partial charge in [0.25, 0.3) is 5.56 Å². The molecule has 0 aliphatic rings. The lowest BCUT2D eigenvalue weighted by molar-refractivity contribution is 0.215. The number of halogens is 1. The Morgan fingerprint density at radius 3 is 2.75 bits per heavy atom. The largest absolute Gasteiger partial charge is 0.466 e. The molecule has 3 N–H and O–H groups in total. The number of aliphatic hydroxyl groups excluding tert-OH is 1. The highest BCUT2D eigenvalue weighted by Crippen LogP contribution is 2.20. The predicted molar refractivity (Wildman–Crippen MR) is 108 cm³/mol. The van der Waals surface area contributed by atoms with Crippen molar-refractivity contribution < 1.29 is 9.52 Å². The summed E-state index contributed by atoms with van der Waals surface area (Å²) in [6, 6.07) is 17.3. The third-order valence-corrected chi connectivity index (χ3v) is 4.28. The Bertz CT molecular complexity index is 1190. The van der Waals surface area contributed by atoms with Crippen molar-refractivity contribution in [1.82, 2.24) is 9.97 Å². The number of hydrogen-bond acceptors (Lipinski definition) is 6. The number of anilines is 1. The van der Waals surface area contributed by atoms with E-state index in [1.807, 2.05) is 18.2 Å². The molecule has 0 aliphatic carbocycles. The fourth-order valence-electron chi connectivity index (χ4n) is 2.69. The van der Waals surface area contributed by atoms with Crippen molar-refractivity contribution in [2.75, 3.05) is 5.43 Å². The molecule has 4 rings (SSSR count). The summed E-state index contributed by atoms with van der Waals surface area (Å²) in [6.07, 6.45) is 0.144. The molecular formula is C20H15ClN4O3. The topological polar surface area (TPSA) is 104 Å².